The molecule has 0 saturated carbocycles. The first-order chi connectivity index (χ1) is 15.2. The molecule has 1 saturated heterocycles. The third-order valence-corrected chi connectivity index (χ3v) is 8.58. The topological polar surface area (TPSA) is 122 Å². The Bertz CT molecular complexity index is 1170. The van der Waals surface area contributed by atoms with Crippen molar-refractivity contribution in [1.29, 1.82) is 0 Å². The zero-order valence-corrected chi connectivity index (χ0v) is 19.6. The molecule has 0 aliphatic carbocycles. The van der Waals surface area contributed by atoms with Crippen LogP contribution in [0.1, 0.15) is 36.5 Å². The fourth-order valence-electron chi connectivity index (χ4n) is 3.47. The number of ether oxygens (including phenoxy) is 1. The number of piperidine rings is 1. The van der Waals surface area contributed by atoms with Gasteiger partial charge in [0.1, 0.15) is 5.75 Å². The van der Waals surface area contributed by atoms with E-state index in [9.17, 15) is 21.6 Å². The lowest BCUT2D eigenvalue weighted by molar-refractivity contribution is 0.102. The number of anilines is 1. The predicted molar refractivity (Wildman–Crippen MR) is 121 cm³/mol. The van der Waals surface area contributed by atoms with Crippen LogP contribution in [-0.2, 0) is 20.0 Å². The van der Waals surface area contributed by atoms with Gasteiger partial charge in [-0.1, -0.05) is 13.3 Å². The van der Waals surface area contributed by atoms with Gasteiger partial charge in [0.05, 0.1) is 22.5 Å². The van der Waals surface area contributed by atoms with Gasteiger partial charge >= 0.3 is 0 Å². The van der Waals surface area contributed by atoms with E-state index in [2.05, 4.69) is 10.0 Å². The van der Waals surface area contributed by atoms with Crippen molar-refractivity contribution in [3.63, 3.8) is 0 Å². The number of hydrogen-bond donors (Lipinski definition) is 2. The molecule has 1 heterocycles. The van der Waals surface area contributed by atoms with Crippen molar-refractivity contribution in [3.8, 4) is 5.75 Å². The summed E-state index contributed by atoms with van der Waals surface area (Å²) in [5.41, 5.74) is 0.423. The number of hydrogen-bond acceptors (Lipinski definition) is 6. The van der Waals surface area contributed by atoms with Gasteiger partial charge in [0.25, 0.3) is 5.91 Å². The second-order valence-corrected chi connectivity index (χ2v) is 11.0. The second kappa shape index (κ2) is 9.99. The van der Waals surface area contributed by atoms with Crippen LogP contribution in [0.3, 0.4) is 0 Å². The highest BCUT2D eigenvalue weighted by atomic mass is 32.2. The minimum atomic E-state index is -3.72. The molecule has 0 unspecified atom stereocenters. The maximum Gasteiger partial charge on any atom is 0.259 e. The summed E-state index contributed by atoms with van der Waals surface area (Å²) in [4.78, 5) is 13.0. The van der Waals surface area contributed by atoms with Gasteiger partial charge in [0.2, 0.25) is 20.0 Å². The summed E-state index contributed by atoms with van der Waals surface area (Å²) >= 11 is 0. The van der Waals surface area contributed by atoms with Crippen LogP contribution in [-0.4, -0.2) is 53.8 Å². The minimum absolute atomic E-state index is 0.0254. The van der Waals surface area contributed by atoms with Crippen molar-refractivity contribution in [3.05, 3.63) is 48.0 Å². The molecule has 174 valence electrons. The van der Waals surface area contributed by atoms with Crippen LogP contribution in [0, 0.1) is 0 Å². The number of nitrogens with zero attached hydrogens (tertiary/aromatic N) is 1. The van der Waals surface area contributed by atoms with Crippen molar-refractivity contribution in [2.75, 3.05) is 32.1 Å². The third kappa shape index (κ3) is 5.29. The Morgan fingerprint density at radius 3 is 2.19 bits per heavy atom. The summed E-state index contributed by atoms with van der Waals surface area (Å²) in [5, 5.41) is 2.66. The molecule has 2 N–H and O–H groups in total. The van der Waals surface area contributed by atoms with Gasteiger partial charge in [0, 0.05) is 25.3 Å². The second-order valence-electron chi connectivity index (χ2n) is 7.31. The Morgan fingerprint density at radius 1 is 0.969 bits per heavy atom. The molecule has 0 atom stereocenters. The molecular weight excluding hydrogens is 454 g/mol. The number of amides is 1. The first-order valence-electron chi connectivity index (χ1n) is 10.3. The van der Waals surface area contributed by atoms with Gasteiger partial charge in [-0.15, -0.1) is 0 Å². The average molecular weight is 482 g/mol. The molecule has 1 aliphatic heterocycles. The highest BCUT2D eigenvalue weighted by Gasteiger charge is 2.27. The summed E-state index contributed by atoms with van der Waals surface area (Å²) in [6.45, 7) is 2.85. The number of methoxy groups -OCH3 is 1. The Kier molecular flexibility index (Phi) is 7.55. The molecule has 0 aromatic heterocycles. The van der Waals surface area contributed by atoms with E-state index in [1.807, 2.05) is 0 Å². The van der Waals surface area contributed by atoms with Crippen LogP contribution in [0.4, 0.5) is 5.69 Å². The summed E-state index contributed by atoms with van der Waals surface area (Å²) in [5.74, 6) is -0.341. The normalized spacial score (nSPS) is 15.3. The van der Waals surface area contributed by atoms with E-state index in [0.717, 1.165) is 19.3 Å². The lowest BCUT2D eigenvalue weighted by Gasteiger charge is -2.26. The molecule has 3 rings (SSSR count). The van der Waals surface area contributed by atoms with Crippen LogP contribution in [0.15, 0.2) is 52.3 Å². The van der Waals surface area contributed by atoms with E-state index in [0.29, 0.717) is 18.8 Å². The van der Waals surface area contributed by atoms with Gasteiger partial charge in [0.15, 0.2) is 0 Å². The SMILES string of the molecule is CCNS(=O)(=O)c1ccc(NC(=O)c2cc(S(=O)(=O)N3CCCCC3)ccc2OC)cc1. The van der Waals surface area contributed by atoms with Crippen LogP contribution < -0.4 is 14.8 Å². The number of carbonyl (C=O) groups excluding carboxylic acids is 1. The highest BCUT2D eigenvalue weighted by Crippen LogP contribution is 2.27. The van der Waals surface area contributed by atoms with E-state index in [1.54, 1.807) is 6.92 Å². The van der Waals surface area contributed by atoms with Gasteiger partial charge < -0.3 is 10.1 Å². The highest BCUT2D eigenvalue weighted by molar-refractivity contribution is 7.89. The molecular formula is C21H27N3O6S2. The smallest absolute Gasteiger partial charge is 0.259 e. The number of carbonyl (C=O) groups is 1. The number of benzene rings is 2. The number of rotatable bonds is 8. The van der Waals surface area contributed by atoms with Crippen molar-refractivity contribution >= 4 is 31.6 Å². The summed E-state index contributed by atoms with van der Waals surface area (Å²) < 4.78 is 59.2. The predicted octanol–water partition coefficient (Wildman–Crippen LogP) is 2.42. The van der Waals surface area contributed by atoms with Gasteiger partial charge in [-0.2, -0.15) is 4.31 Å². The fraction of sp³-hybridized carbons (Fsp3) is 0.381. The van der Waals surface area contributed by atoms with Crippen LogP contribution in [0.2, 0.25) is 0 Å². The Morgan fingerprint density at radius 2 is 1.59 bits per heavy atom. The molecule has 1 amide bonds. The summed E-state index contributed by atoms with van der Waals surface area (Å²) in [7, 11) is -5.93. The van der Waals surface area contributed by atoms with E-state index in [-0.39, 0.29) is 27.6 Å². The quantitative estimate of drug-likeness (QED) is 0.597. The lowest BCUT2D eigenvalue weighted by Crippen LogP contribution is -2.35. The van der Waals surface area contributed by atoms with Crippen LogP contribution >= 0.6 is 0 Å². The third-order valence-electron chi connectivity index (χ3n) is 5.13. The van der Waals surface area contributed by atoms with E-state index >= 15 is 0 Å². The zero-order valence-electron chi connectivity index (χ0n) is 18.0. The average Bonchev–Trinajstić information content (AvgIpc) is 2.79. The minimum Gasteiger partial charge on any atom is -0.496 e. The van der Waals surface area contributed by atoms with Crippen LogP contribution in [0.25, 0.3) is 0 Å². The molecule has 1 aliphatic rings. The van der Waals surface area contributed by atoms with Gasteiger partial charge in [-0.3, -0.25) is 4.79 Å². The number of sulfonamides is 2. The molecule has 1 fully saturated rings. The largest absolute Gasteiger partial charge is 0.496 e. The van der Waals surface area contributed by atoms with Gasteiger partial charge in [-0.25, -0.2) is 21.6 Å². The maximum atomic E-state index is 13.0. The molecule has 11 heteroatoms. The molecule has 0 spiro atoms. The summed E-state index contributed by atoms with van der Waals surface area (Å²) in [6, 6.07) is 9.87. The van der Waals surface area contributed by atoms with Crippen molar-refractivity contribution in [2.24, 2.45) is 0 Å². The molecule has 9 nitrogen and oxygen atoms in total. The first kappa shape index (κ1) is 24.2. The fourth-order valence-corrected chi connectivity index (χ4v) is 6.05. The zero-order chi connectivity index (χ0) is 23.4. The van der Waals surface area contributed by atoms with Crippen LogP contribution in [0.5, 0.6) is 5.75 Å². The molecule has 0 radical (unpaired) electrons. The molecule has 0 bridgehead atoms. The van der Waals surface area contributed by atoms with Gasteiger partial charge in [-0.05, 0) is 55.3 Å². The maximum absolute atomic E-state index is 13.0. The number of nitrogens with one attached hydrogen (secondary N) is 2. The first-order valence-corrected chi connectivity index (χ1v) is 13.2. The molecule has 32 heavy (non-hydrogen) atoms. The van der Waals surface area contributed by atoms with E-state index in [1.165, 1.54) is 53.9 Å². The standard InChI is InChI=1S/C21H27N3O6S2/c1-3-22-31(26,27)17-9-7-16(8-10-17)23-21(25)19-15-18(11-12-20(19)30-2)32(28,29)24-13-5-4-6-14-24/h7-12,15,22H,3-6,13-14H2,1-2H3,(H,23,25). The monoisotopic (exact) mass is 481 g/mol. The Hall–Kier alpha value is -2.47. The van der Waals surface area contributed by atoms with E-state index in [4.69, 9.17) is 4.74 Å². The lowest BCUT2D eigenvalue weighted by atomic mass is 10.2. The molecule has 2 aromatic rings. The van der Waals surface area contributed by atoms with Crippen molar-refractivity contribution in [1.82, 2.24) is 9.03 Å². The van der Waals surface area contributed by atoms with Crippen molar-refractivity contribution in [2.45, 2.75) is 36.0 Å². The van der Waals surface area contributed by atoms with E-state index < -0.39 is 26.0 Å². The molecule has 2 aromatic carbocycles. The Balaban J connectivity index is 1.85. The van der Waals surface area contributed by atoms with Crippen molar-refractivity contribution < 1.29 is 26.4 Å². The Labute approximate surface area is 188 Å². The summed E-state index contributed by atoms with van der Waals surface area (Å²) in [6.07, 6.45) is 2.61.